The number of carbonyl (C=O) groups excluding carboxylic acids is 6. The van der Waals surface area contributed by atoms with Gasteiger partial charge in [-0.1, -0.05) is 49.7 Å². The fourth-order valence-corrected chi connectivity index (χ4v) is 5.84. The van der Waals surface area contributed by atoms with E-state index in [1.165, 1.54) is 19.4 Å². The van der Waals surface area contributed by atoms with E-state index in [1.54, 1.807) is 19.1 Å². The van der Waals surface area contributed by atoms with Crippen LogP contribution in [0.25, 0.3) is 11.1 Å². The molecule has 2 unspecified atom stereocenters. The van der Waals surface area contributed by atoms with Crippen molar-refractivity contribution in [2.45, 2.75) is 121 Å². The van der Waals surface area contributed by atoms with Crippen LogP contribution >= 0.6 is 0 Å². The Bertz CT molecular complexity index is 1600. The lowest BCUT2D eigenvalue weighted by molar-refractivity contribution is -0.136. The lowest BCUT2D eigenvalue weighted by atomic mass is 10.0. The predicted octanol–water partition coefficient (Wildman–Crippen LogP) is -0.115. The smallest absolute Gasteiger partial charge is 0.258 e. The maximum atomic E-state index is 13.3. The van der Waals surface area contributed by atoms with E-state index in [0.29, 0.717) is 24.9 Å². The van der Waals surface area contributed by atoms with Crippen molar-refractivity contribution >= 4 is 35.3 Å². The van der Waals surface area contributed by atoms with E-state index in [9.17, 15) is 33.9 Å². The number of epoxide rings is 1. The van der Waals surface area contributed by atoms with Gasteiger partial charge < -0.3 is 53.6 Å². The minimum Gasteiger partial charge on any atom is -0.391 e. The van der Waals surface area contributed by atoms with Crippen molar-refractivity contribution < 1.29 is 38.6 Å². The minimum atomic E-state index is -1.70. The number of aliphatic hydroxyl groups excluding tert-OH is 1. The number of ketones is 1. The second-order valence-corrected chi connectivity index (χ2v) is 13.9. The average Bonchev–Trinajstić information content (AvgIpc) is 3.90. The average molecular weight is 767 g/mol. The molecule has 1 aliphatic rings. The van der Waals surface area contributed by atoms with Gasteiger partial charge in [0.05, 0.1) is 18.2 Å². The summed E-state index contributed by atoms with van der Waals surface area (Å²) in [4.78, 5) is 78.4. The number of aliphatic hydroxyl groups is 1. The first-order chi connectivity index (χ1) is 26.2. The fraction of sp³-hybridized carbons (Fsp3) is 0.538. The van der Waals surface area contributed by atoms with E-state index >= 15 is 0 Å². The molecule has 55 heavy (non-hydrogen) atoms. The summed E-state index contributed by atoms with van der Waals surface area (Å²) < 4.78 is 5.19. The van der Waals surface area contributed by atoms with E-state index in [1.807, 2.05) is 24.3 Å². The molecule has 302 valence electrons. The van der Waals surface area contributed by atoms with Crippen LogP contribution < -0.4 is 43.8 Å². The highest BCUT2D eigenvalue weighted by Crippen LogP contribution is 2.23. The van der Waals surface area contributed by atoms with Gasteiger partial charge in [-0.2, -0.15) is 0 Å². The number of rotatable bonds is 23. The largest absolute Gasteiger partial charge is 0.391 e. The van der Waals surface area contributed by atoms with Crippen LogP contribution in [0.1, 0.15) is 82.1 Å². The van der Waals surface area contributed by atoms with Gasteiger partial charge in [0, 0.05) is 5.56 Å². The third kappa shape index (κ3) is 13.8. The van der Waals surface area contributed by atoms with Crippen LogP contribution in [0.5, 0.6) is 0 Å². The Morgan fingerprint density at radius 1 is 0.727 bits per heavy atom. The van der Waals surface area contributed by atoms with E-state index in [0.717, 1.165) is 30.4 Å². The Labute approximate surface area is 322 Å². The maximum Gasteiger partial charge on any atom is 0.258 e. The van der Waals surface area contributed by atoms with Crippen molar-refractivity contribution in [2.24, 2.45) is 17.2 Å². The van der Waals surface area contributed by atoms with Crippen molar-refractivity contribution in [1.29, 1.82) is 0 Å². The summed E-state index contributed by atoms with van der Waals surface area (Å²) in [5, 5.41) is 22.8. The molecule has 2 aromatic carbocycles. The lowest BCUT2D eigenvalue weighted by Crippen LogP contribution is -2.63. The number of hydrogen-bond donors (Lipinski definition) is 9. The van der Waals surface area contributed by atoms with Gasteiger partial charge in [-0.25, -0.2) is 0 Å². The minimum absolute atomic E-state index is 0.0145. The lowest BCUT2D eigenvalue weighted by Gasteiger charge is -2.26. The van der Waals surface area contributed by atoms with E-state index in [2.05, 4.69) is 45.6 Å². The molecule has 0 aliphatic carbocycles. The Balaban J connectivity index is 1.60. The number of amides is 5. The zero-order chi connectivity index (χ0) is 40.7. The standard InChI is InChI=1S/C39H58N8O8/c1-5-6-9-25-11-13-26(14-12-25)27-15-17-28(18-16-27)35(50)44-30(19-21-41)37(52)46-31(23(3)48)38(53)47-34(42)39(54)45-29(10-7-8-20-40)36(51)43-22(2)32(49)33-24(4)55-33/h11-18,22-24,29-31,33-34,48H,5-10,19-21,40-42H2,1-4H3,(H,43,51)(H,44,50)(H,45,54)(H,46,52)(H,47,53)/t22-,23+,24?,29-,30-,31-,33?,34+/m0/s1. The summed E-state index contributed by atoms with van der Waals surface area (Å²) in [5.74, 6) is -4.22. The number of unbranched alkanes of at least 4 members (excludes halogenated alkanes) is 2. The molecule has 1 heterocycles. The van der Waals surface area contributed by atoms with Crippen LogP contribution in [-0.2, 0) is 35.1 Å². The number of nitrogens with two attached hydrogens (primary N) is 3. The quantitative estimate of drug-likeness (QED) is 0.0409. The summed E-state index contributed by atoms with van der Waals surface area (Å²) in [5.41, 5.74) is 20.8. The highest BCUT2D eigenvalue weighted by atomic mass is 16.6. The zero-order valence-electron chi connectivity index (χ0n) is 32.1. The third-order valence-corrected chi connectivity index (χ3v) is 9.33. The first-order valence-corrected chi connectivity index (χ1v) is 18.9. The van der Waals surface area contributed by atoms with E-state index in [-0.39, 0.29) is 31.3 Å². The van der Waals surface area contributed by atoms with Gasteiger partial charge in [-0.05, 0) is 101 Å². The molecule has 3 rings (SSSR count). The van der Waals surface area contributed by atoms with Crippen LogP contribution in [0.4, 0.5) is 0 Å². The number of Topliss-reactive ketones (excluding diaryl/α,β-unsaturated/α-hetero) is 1. The number of hydrogen-bond acceptors (Lipinski definition) is 11. The molecule has 0 spiro atoms. The van der Waals surface area contributed by atoms with Crippen LogP contribution in [0, 0.1) is 0 Å². The van der Waals surface area contributed by atoms with Crippen molar-refractivity contribution in [3.63, 3.8) is 0 Å². The number of ether oxygens (including phenoxy) is 1. The second kappa shape index (κ2) is 22.0. The molecule has 0 saturated carbocycles. The van der Waals surface area contributed by atoms with Crippen molar-refractivity contribution in [1.82, 2.24) is 26.6 Å². The Morgan fingerprint density at radius 2 is 1.31 bits per heavy atom. The molecule has 5 amide bonds. The van der Waals surface area contributed by atoms with Crippen LogP contribution in [0.2, 0.25) is 0 Å². The SMILES string of the molecule is CCCCc1ccc(-c2ccc(C(=O)N[C@@H](CCN)C(=O)N[C@H](C(=O)N[C@@H](N)C(=O)N[C@@H](CCCCN)C(=O)N[C@@H](C)C(=O)C3OC3C)[C@@H](C)O)cc2)cc1. The normalized spacial score (nSPS) is 18.0. The molecule has 16 heteroatoms. The summed E-state index contributed by atoms with van der Waals surface area (Å²) in [6.07, 6.45) is 0.486. The van der Waals surface area contributed by atoms with E-state index < -0.39 is 72.1 Å². The van der Waals surface area contributed by atoms with Gasteiger partial charge in [-0.3, -0.25) is 28.8 Å². The summed E-state index contributed by atoms with van der Waals surface area (Å²) in [6.45, 7) is 7.02. The molecule has 2 aromatic rings. The van der Waals surface area contributed by atoms with Gasteiger partial charge >= 0.3 is 0 Å². The molecule has 1 aliphatic heterocycles. The molecule has 1 fully saturated rings. The topological polar surface area (TPSA) is 273 Å². The Morgan fingerprint density at radius 3 is 1.85 bits per heavy atom. The Hall–Kier alpha value is -4.74. The van der Waals surface area contributed by atoms with Gasteiger partial charge in [0.15, 0.2) is 11.9 Å². The van der Waals surface area contributed by atoms with Gasteiger partial charge in [0.2, 0.25) is 17.7 Å². The summed E-state index contributed by atoms with van der Waals surface area (Å²) >= 11 is 0. The van der Waals surface area contributed by atoms with Crippen LogP contribution in [0.15, 0.2) is 48.5 Å². The Kier molecular flexibility index (Phi) is 17.8. The summed E-state index contributed by atoms with van der Waals surface area (Å²) in [6, 6.07) is 10.4. The monoisotopic (exact) mass is 766 g/mol. The molecular weight excluding hydrogens is 708 g/mol. The molecule has 0 radical (unpaired) electrons. The van der Waals surface area contributed by atoms with Crippen molar-refractivity contribution in [2.75, 3.05) is 13.1 Å². The molecular formula is C39H58N8O8. The highest BCUT2D eigenvalue weighted by molar-refractivity contribution is 5.99. The van der Waals surface area contributed by atoms with Crippen LogP contribution in [-0.4, -0.2) is 102 Å². The second-order valence-electron chi connectivity index (χ2n) is 13.9. The van der Waals surface area contributed by atoms with Gasteiger partial charge in [0.25, 0.3) is 11.8 Å². The molecule has 0 aromatic heterocycles. The van der Waals surface area contributed by atoms with Gasteiger partial charge in [-0.15, -0.1) is 0 Å². The van der Waals surface area contributed by atoms with Gasteiger partial charge in [0.1, 0.15) is 24.2 Å². The number of nitrogens with one attached hydrogen (secondary N) is 5. The zero-order valence-corrected chi connectivity index (χ0v) is 32.1. The maximum absolute atomic E-state index is 13.3. The van der Waals surface area contributed by atoms with Crippen molar-refractivity contribution in [3.05, 3.63) is 59.7 Å². The number of aryl methyl sites for hydroxylation is 1. The van der Waals surface area contributed by atoms with Crippen LogP contribution in [0.3, 0.4) is 0 Å². The predicted molar refractivity (Wildman–Crippen MR) is 207 cm³/mol. The molecule has 8 atom stereocenters. The molecule has 16 nitrogen and oxygen atoms in total. The molecule has 1 saturated heterocycles. The molecule has 0 bridgehead atoms. The first kappa shape index (κ1) is 44.7. The molecule has 12 N–H and O–H groups in total. The fourth-order valence-electron chi connectivity index (χ4n) is 5.84. The summed E-state index contributed by atoms with van der Waals surface area (Å²) in [7, 11) is 0. The van der Waals surface area contributed by atoms with E-state index in [4.69, 9.17) is 21.9 Å². The number of benzene rings is 2. The number of carbonyl (C=O) groups is 6. The highest BCUT2D eigenvalue weighted by Gasteiger charge is 2.43. The first-order valence-electron chi connectivity index (χ1n) is 18.9. The third-order valence-electron chi connectivity index (χ3n) is 9.33. The van der Waals surface area contributed by atoms with Crippen molar-refractivity contribution in [3.8, 4) is 11.1 Å².